The molecule has 1 saturated heterocycles. The number of carbonyl (C=O) groups is 1. The third kappa shape index (κ3) is 2.15. The van der Waals surface area contributed by atoms with E-state index in [4.69, 9.17) is 0 Å². The monoisotopic (exact) mass is 263 g/mol. The zero-order chi connectivity index (χ0) is 12.5. The Bertz CT molecular complexity index is 463. The van der Waals surface area contributed by atoms with Crippen LogP contribution >= 0.6 is 11.8 Å². The first-order valence-electron chi connectivity index (χ1n) is 6.44. The SMILES string of the molecule is O=C(O)C1CSC2CCCc3ccccc3C2N1. The largest absolute Gasteiger partial charge is 0.480 e. The average molecular weight is 263 g/mol. The average Bonchev–Trinajstić information content (AvgIpc) is 2.57. The van der Waals surface area contributed by atoms with Crippen molar-refractivity contribution in [2.45, 2.75) is 36.6 Å². The lowest BCUT2D eigenvalue weighted by Crippen LogP contribution is -2.48. The van der Waals surface area contributed by atoms with Crippen LogP contribution in [0.3, 0.4) is 0 Å². The summed E-state index contributed by atoms with van der Waals surface area (Å²) in [5.74, 6) is -0.0544. The van der Waals surface area contributed by atoms with E-state index >= 15 is 0 Å². The summed E-state index contributed by atoms with van der Waals surface area (Å²) in [6.45, 7) is 0. The van der Waals surface area contributed by atoms with Crippen LogP contribution in [0.25, 0.3) is 0 Å². The quantitative estimate of drug-likeness (QED) is 0.815. The minimum Gasteiger partial charge on any atom is -0.480 e. The molecule has 18 heavy (non-hydrogen) atoms. The zero-order valence-corrected chi connectivity index (χ0v) is 11.0. The maximum atomic E-state index is 11.2. The van der Waals surface area contributed by atoms with Crippen molar-refractivity contribution in [3.8, 4) is 0 Å². The Kier molecular flexibility index (Phi) is 3.31. The van der Waals surface area contributed by atoms with Crippen molar-refractivity contribution in [3.63, 3.8) is 0 Å². The molecular weight excluding hydrogens is 246 g/mol. The normalized spacial score (nSPS) is 31.0. The van der Waals surface area contributed by atoms with Crippen molar-refractivity contribution < 1.29 is 9.90 Å². The van der Waals surface area contributed by atoms with Gasteiger partial charge in [-0.15, -0.1) is 0 Å². The maximum Gasteiger partial charge on any atom is 0.321 e. The second-order valence-corrected chi connectivity index (χ2v) is 6.27. The highest BCUT2D eigenvalue weighted by atomic mass is 32.2. The molecule has 1 aromatic rings. The summed E-state index contributed by atoms with van der Waals surface area (Å²) in [6.07, 6.45) is 3.48. The van der Waals surface area contributed by atoms with Gasteiger partial charge in [-0.1, -0.05) is 24.3 Å². The fourth-order valence-electron chi connectivity index (χ4n) is 2.93. The van der Waals surface area contributed by atoms with E-state index in [1.165, 1.54) is 24.0 Å². The van der Waals surface area contributed by atoms with Crippen LogP contribution in [-0.2, 0) is 11.2 Å². The lowest BCUT2D eigenvalue weighted by Gasteiger charge is -2.35. The van der Waals surface area contributed by atoms with E-state index in [-0.39, 0.29) is 6.04 Å². The van der Waals surface area contributed by atoms with Crippen LogP contribution in [0.4, 0.5) is 0 Å². The smallest absolute Gasteiger partial charge is 0.321 e. The van der Waals surface area contributed by atoms with Crippen LogP contribution in [0.15, 0.2) is 24.3 Å². The zero-order valence-electron chi connectivity index (χ0n) is 10.1. The van der Waals surface area contributed by atoms with Gasteiger partial charge in [0, 0.05) is 17.0 Å². The van der Waals surface area contributed by atoms with E-state index in [2.05, 4.69) is 29.6 Å². The van der Waals surface area contributed by atoms with Gasteiger partial charge in [0.1, 0.15) is 6.04 Å². The molecule has 3 atom stereocenters. The van der Waals surface area contributed by atoms with Gasteiger partial charge in [0.15, 0.2) is 0 Å². The highest BCUT2D eigenvalue weighted by molar-refractivity contribution is 8.00. The molecule has 0 bridgehead atoms. The third-order valence-electron chi connectivity index (χ3n) is 3.85. The summed E-state index contributed by atoms with van der Waals surface area (Å²) >= 11 is 1.82. The molecule has 1 aliphatic carbocycles. The number of benzene rings is 1. The third-order valence-corrected chi connectivity index (χ3v) is 5.31. The van der Waals surface area contributed by atoms with E-state index in [1.807, 2.05) is 11.8 Å². The molecule has 0 radical (unpaired) electrons. The number of nitrogens with one attached hydrogen (secondary N) is 1. The fraction of sp³-hybridized carbons (Fsp3) is 0.500. The van der Waals surface area contributed by atoms with Gasteiger partial charge in [-0.3, -0.25) is 10.1 Å². The first-order chi connectivity index (χ1) is 8.75. The Morgan fingerprint density at radius 1 is 1.39 bits per heavy atom. The molecular formula is C14H17NO2S. The van der Waals surface area contributed by atoms with Crippen molar-refractivity contribution in [2.75, 3.05) is 5.75 Å². The molecule has 1 aromatic carbocycles. The number of aliphatic carboxylic acids is 1. The molecule has 1 fully saturated rings. The van der Waals surface area contributed by atoms with Crippen molar-refractivity contribution in [1.29, 1.82) is 0 Å². The number of hydrogen-bond donors (Lipinski definition) is 2. The van der Waals surface area contributed by atoms with Gasteiger partial charge >= 0.3 is 5.97 Å². The second kappa shape index (κ2) is 4.94. The lowest BCUT2D eigenvalue weighted by atomic mass is 9.98. The van der Waals surface area contributed by atoms with Crippen molar-refractivity contribution in [2.24, 2.45) is 0 Å². The first-order valence-corrected chi connectivity index (χ1v) is 7.49. The van der Waals surface area contributed by atoms with E-state index in [1.54, 1.807) is 0 Å². The molecule has 2 aliphatic rings. The number of aryl methyl sites for hydroxylation is 1. The Morgan fingerprint density at radius 3 is 3.06 bits per heavy atom. The van der Waals surface area contributed by atoms with Gasteiger partial charge in [0.25, 0.3) is 0 Å². The molecule has 96 valence electrons. The van der Waals surface area contributed by atoms with Gasteiger partial charge in [-0.2, -0.15) is 11.8 Å². The van der Waals surface area contributed by atoms with Crippen LogP contribution < -0.4 is 5.32 Å². The molecule has 3 nitrogen and oxygen atoms in total. The van der Waals surface area contributed by atoms with Crippen LogP contribution in [0.1, 0.15) is 30.0 Å². The van der Waals surface area contributed by atoms with Crippen molar-refractivity contribution in [1.82, 2.24) is 5.32 Å². The molecule has 4 heteroatoms. The summed E-state index contributed by atoms with van der Waals surface area (Å²) in [5.41, 5.74) is 2.68. The van der Waals surface area contributed by atoms with E-state index in [0.29, 0.717) is 11.0 Å². The molecule has 3 unspecified atom stereocenters. The van der Waals surface area contributed by atoms with E-state index < -0.39 is 12.0 Å². The molecule has 2 N–H and O–H groups in total. The first kappa shape index (κ1) is 12.1. The Labute approximate surface area is 111 Å². The van der Waals surface area contributed by atoms with E-state index in [9.17, 15) is 9.90 Å². The van der Waals surface area contributed by atoms with Crippen LogP contribution in [0.2, 0.25) is 0 Å². The van der Waals surface area contributed by atoms with Crippen LogP contribution in [0, 0.1) is 0 Å². The fourth-order valence-corrected chi connectivity index (χ4v) is 4.36. The molecule has 3 rings (SSSR count). The molecule has 1 heterocycles. The summed E-state index contributed by atoms with van der Waals surface area (Å²) in [4.78, 5) is 11.2. The van der Waals surface area contributed by atoms with Crippen molar-refractivity contribution >= 4 is 17.7 Å². The summed E-state index contributed by atoms with van der Waals surface area (Å²) < 4.78 is 0. The van der Waals surface area contributed by atoms with Gasteiger partial charge in [-0.25, -0.2) is 0 Å². The predicted molar refractivity (Wildman–Crippen MR) is 72.9 cm³/mol. The minimum atomic E-state index is -0.734. The predicted octanol–water partition coefficient (Wildman–Crippen LogP) is 2.22. The topological polar surface area (TPSA) is 49.3 Å². The molecule has 0 saturated carbocycles. The molecule has 0 amide bonds. The maximum absolute atomic E-state index is 11.2. The minimum absolute atomic E-state index is 0.198. The number of rotatable bonds is 1. The molecule has 0 spiro atoms. The Hall–Kier alpha value is -1.00. The second-order valence-electron chi connectivity index (χ2n) is 5.00. The summed E-state index contributed by atoms with van der Waals surface area (Å²) in [6, 6.07) is 8.23. The van der Waals surface area contributed by atoms with Crippen LogP contribution in [-0.4, -0.2) is 28.1 Å². The van der Waals surface area contributed by atoms with Gasteiger partial charge < -0.3 is 5.11 Å². The molecule has 0 aromatic heterocycles. The Balaban J connectivity index is 1.93. The van der Waals surface area contributed by atoms with Crippen LogP contribution in [0.5, 0.6) is 0 Å². The number of thioether (sulfide) groups is 1. The summed E-state index contributed by atoms with van der Waals surface area (Å²) in [7, 11) is 0. The van der Waals surface area contributed by atoms with E-state index in [0.717, 1.165) is 6.42 Å². The highest BCUT2D eigenvalue weighted by Gasteiger charge is 2.36. The van der Waals surface area contributed by atoms with Gasteiger partial charge in [0.2, 0.25) is 0 Å². The van der Waals surface area contributed by atoms with Crippen molar-refractivity contribution in [3.05, 3.63) is 35.4 Å². The standard InChI is InChI=1S/C14H17NO2S/c16-14(17)11-8-18-12-7-3-5-9-4-1-2-6-10(9)13(12)15-11/h1-2,4,6,11-13,15H,3,5,7-8H2,(H,16,17). The number of carboxylic acids is 1. The van der Waals surface area contributed by atoms with Gasteiger partial charge in [0.05, 0.1) is 0 Å². The highest BCUT2D eigenvalue weighted by Crippen LogP contribution is 2.39. The Morgan fingerprint density at radius 2 is 2.22 bits per heavy atom. The number of hydrogen-bond acceptors (Lipinski definition) is 3. The number of carboxylic acid groups (broad SMARTS) is 1. The number of fused-ring (bicyclic) bond motifs is 3. The lowest BCUT2D eigenvalue weighted by molar-refractivity contribution is -0.139. The molecule has 1 aliphatic heterocycles. The summed E-state index contributed by atoms with van der Waals surface area (Å²) in [5, 5.41) is 13.0. The van der Waals surface area contributed by atoms with Gasteiger partial charge in [-0.05, 0) is 30.4 Å².